The summed E-state index contributed by atoms with van der Waals surface area (Å²) in [6.45, 7) is 7.19. The van der Waals surface area contributed by atoms with E-state index in [2.05, 4.69) is 24.1 Å². The number of piperidine rings is 1. The molecule has 1 unspecified atom stereocenters. The van der Waals surface area contributed by atoms with Crippen LogP contribution in [0.2, 0.25) is 0 Å². The van der Waals surface area contributed by atoms with Gasteiger partial charge in [-0.25, -0.2) is 9.78 Å². The number of hydrogen-bond donors (Lipinski definition) is 1. The number of amides is 3. The minimum Gasteiger partial charge on any atom is -0.340 e. The van der Waals surface area contributed by atoms with Gasteiger partial charge in [-0.3, -0.25) is 19.1 Å². The van der Waals surface area contributed by atoms with Gasteiger partial charge in [0.05, 0.1) is 6.54 Å². The van der Waals surface area contributed by atoms with Crippen molar-refractivity contribution in [1.29, 1.82) is 0 Å². The third-order valence-electron chi connectivity index (χ3n) is 5.39. The highest BCUT2D eigenvalue weighted by molar-refractivity contribution is 6.02. The molecule has 0 saturated carbocycles. The molecule has 30 heavy (non-hydrogen) atoms. The molecule has 8 nitrogen and oxygen atoms in total. The Kier molecular flexibility index (Phi) is 6.54. The summed E-state index contributed by atoms with van der Waals surface area (Å²) < 4.78 is 1.25. The Balaban J connectivity index is 1.75. The van der Waals surface area contributed by atoms with Crippen LogP contribution in [0.4, 0.5) is 10.5 Å². The lowest BCUT2D eigenvalue weighted by Crippen LogP contribution is -2.55. The first-order valence-corrected chi connectivity index (χ1v) is 10.2. The number of benzene rings is 1. The Morgan fingerprint density at radius 2 is 1.97 bits per heavy atom. The predicted octanol–water partition coefficient (Wildman–Crippen LogP) is 2.51. The lowest BCUT2D eigenvalue weighted by atomic mass is 9.84. The van der Waals surface area contributed by atoms with E-state index < -0.39 is 12.1 Å². The second kappa shape index (κ2) is 9.11. The summed E-state index contributed by atoms with van der Waals surface area (Å²) >= 11 is 0. The normalized spacial score (nSPS) is 16.6. The standard InChI is InChI=1S/C22H29N5O3/c1-17(20(29)25-12-7-10-22(2,3)15-25)27(18-8-5-4-6-9-18)19(28)14-24-21(30)26-13-11-23-16-26/h4-6,8-9,11,13,16-17H,7,10,12,14-15H2,1-3H3,(H,24,30). The molecule has 160 valence electrons. The van der Waals surface area contributed by atoms with Crippen LogP contribution >= 0.6 is 0 Å². The van der Waals surface area contributed by atoms with Crippen LogP contribution in [0.3, 0.4) is 0 Å². The number of rotatable bonds is 5. The highest BCUT2D eigenvalue weighted by Gasteiger charge is 2.35. The smallest absolute Gasteiger partial charge is 0.327 e. The molecule has 0 bridgehead atoms. The van der Waals surface area contributed by atoms with E-state index in [1.807, 2.05) is 23.1 Å². The maximum absolute atomic E-state index is 13.3. The topological polar surface area (TPSA) is 87.5 Å². The van der Waals surface area contributed by atoms with Gasteiger partial charge in [-0.1, -0.05) is 32.0 Å². The number of para-hydroxylation sites is 1. The van der Waals surface area contributed by atoms with Crippen LogP contribution in [0.25, 0.3) is 0 Å². The largest absolute Gasteiger partial charge is 0.340 e. The Hall–Kier alpha value is -3.16. The maximum atomic E-state index is 13.3. The van der Waals surface area contributed by atoms with Gasteiger partial charge in [-0.15, -0.1) is 0 Å². The fourth-order valence-electron chi connectivity index (χ4n) is 3.87. The van der Waals surface area contributed by atoms with Gasteiger partial charge in [0.1, 0.15) is 12.4 Å². The molecule has 1 N–H and O–H groups in total. The van der Waals surface area contributed by atoms with Gasteiger partial charge in [0, 0.05) is 31.2 Å². The molecule has 3 rings (SSSR count). The molecule has 2 heterocycles. The third kappa shape index (κ3) is 5.06. The number of likely N-dealkylation sites (tertiary alicyclic amines) is 1. The van der Waals surface area contributed by atoms with Gasteiger partial charge < -0.3 is 10.2 Å². The van der Waals surface area contributed by atoms with E-state index >= 15 is 0 Å². The van der Waals surface area contributed by atoms with Crippen molar-refractivity contribution in [1.82, 2.24) is 19.8 Å². The minimum absolute atomic E-state index is 0.0635. The first-order chi connectivity index (χ1) is 14.3. The highest BCUT2D eigenvalue weighted by atomic mass is 16.2. The van der Waals surface area contributed by atoms with Crippen LogP contribution in [0.15, 0.2) is 49.1 Å². The second-order valence-electron chi connectivity index (χ2n) is 8.43. The number of carbonyl (C=O) groups is 3. The lowest BCUT2D eigenvalue weighted by molar-refractivity contribution is -0.136. The molecule has 1 aliphatic rings. The van der Waals surface area contributed by atoms with E-state index in [1.54, 1.807) is 19.1 Å². The Morgan fingerprint density at radius 3 is 2.60 bits per heavy atom. The Bertz CT molecular complexity index is 879. The molecule has 1 aliphatic heterocycles. The Morgan fingerprint density at radius 1 is 1.23 bits per heavy atom. The van der Waals surface area contributed by atoms with Crippen molar-refractivity contribution in [2.24, 2.45) is 5.41 Å². The molecule has 0 radical (unpaired) electrons. The quantitative estimate of drug-likeness (QED) is 0.819. The molecule has 1 atom stereocenters. The number of anilines is 1. The molecule has 2 aromatic rings. The molecular formula is C22H29N5O3. The molecule has 1 aromatic heterocycles. The van der Waals surface area contributed by atoms with Crippen LogP contribution in [-0.4, -0.2) is 58.0 Å². The van der Waals surface area contributed by atoms with Gasteiger partial charge in [-0.2, -0.15) is 0 Å². The molecule has 1 aromatic carbocycles. The average Bonchev–Trinajstić information content (AvgIpc) is 3.26. The van der Waals surface area contributed by atoms with Crippen molar-refractivity contribution < 1.29 is 14.4 Å². The number of imidazole rings is 1. The summed E-state index contributed by atoms with van der Waals surface area (Å²) in [6, 6.07) is 7.94. The van der Waals surface area contributed by atoms with Crippen LogP contribution in [0, 0.1) is 5.41 Å². The van der Waals surface area contributed by atoms with Crippen molar-refractivity contribution in [3.05, 3.63) is 49.1 Å². The van der Waals surface area contributed by atoms with E-state index in [1.165, 1.54) is 28.2 Å². The summed E-state index contributed by atoms with van der Waals surface area (Å²) in [4.78, 5) is 45.7. The van der Waals surface area contributed by atoms with E-state index in [9.17, 15) is 14.4 Å². The Labute approximate surface area is 176 Å². The van der Waals surface area contributed by atoms with Gasteiger partial charge in [0.2, 0.25) is 11.8 Å². The van der Waals surface area contributed by atoms with Crippen LogP contribution in [0.5, 0.6) is 0 Å². The summed E-state index contributed by atoms with van der Waals surface area (Å²) in [5.41, 5.74) is 0.685. The van der Waals surface area contributed by atoms with Crippen LogP contribution in [0.1, 0.15) is 33.6 Å². The van der Waals surface area contributed by atoms with Crippen LogP contribution in [-0.2, 0) is 9.59 Å². The van der Waals surface area contributed by atoms with Crippen molar-refractivity contribution in [2.45, 2.75) is 39.7 Å². The number of nitrogens with zero attached hydrogens (tertiary/aromatic N) is 4. The summed E-state index contributed by atoms with van der Waals surface area (Å²) in [5, 5.41) is 2.59. The fourth-order valence-corrected chi connectivity index (χ4v) is 3.87. The van der Waals surface area contributed by atoms with E-state index in [-0.39, 0.29) is 23.8 Å². The van der Waals surface area contributed by atoms with E-state index in [0.717, 1.165) is 12.8 Å². The van der Waals surface area contributed by atoms with Crippen LogP contribution < -0.4 is 10.2 Å². The first kappa shape index (κ1) is 21.5. The highest BCUT2D eigenvalue weighted by Crippen LogP contribution is 2.29. The molecule has 3 amide bonds. The fraction of sp³-hybridized carbons (Fsp3) is 0.455. The summed E-state index contributed by atoms with van der Waals surface area (Å²) in [5.74, 6) is -0.437. The second-order valence-corrected chi connectivity index (χ2v) is 8.43. The van der Waals surface area contributed by atoms with Gasteiger partial charge in [0.15, 0.2) is 0 Å². The average molecular weight is 412 g/mol. The summed E-state index contributed by atoms with van der Waals surface area (Å²) in [6.07, 6.45) is 6.37. The molecule has 0 spiro atoms. The van der Waals surface area contributed by atoms with Crippen molar-refractivity contribution in [3.63, 3.8) is 0 Å². The minimum atomic E-state index is -0.682. The zero-order valence-corrected chi connectivity index (χ0v) is 17.7. The zero-order valence-electron chi connectivity index (χ0n) is 17.7. The predicted molar refractivity (Wildman–Crippen MR) is 114 cm³/mol. The maximum Gasteiger partial charge on any atom is 0.327 e. The van der Waals surface area contributed by atoms with Crippen molar-refractivity contribution in [3.8, 4) is 0 Å². The number of hydrogen-bond acceptors (Lipinski definition) is 4. The zero-order chi connectivity index (χ0) is 21.7. The van der Waals surface area contributed by atoms with Gasteiger partial charge in [-0.05, 0) is 37.3 Å². The van der Waals surface area contributed by atoms with Gasteiger partial charge >= 0.3 is 6.03 Å². The lowest BCUT2D eigenvalue weighted by Gasteiger charge is -2.40. The molecule has 1 saturated heterocycles. The molecular weight excluding hydrogens is 382 g/mol. The first-order valence-electron chi connectivity index (χ1n) is 10.2. The molecule has 1 fully saturated rings. The van der Waals surface area contributed by atoms with E-state index in [4.69, 9.17) is 0 Å². The number of carbonyl (C=O) groups excluding carboxylic acids is 3. The SMILES string of the molecule is CC(C(=O)N1CCCC(C)(C)C1)N(C(=O)CNC(=O)n1ccnc1)c1ccccc1. The van der Waals surface area contributed by atoms with Gasteiger partial charge in [0.25, 0.3) is 0 Å². The number of aromatic nitrogens is 2. The third-order valence-corrected chi connectivity index (χ3v) is 5.39. The van der Waals surface area contributed by atoms with Crippen molar-refractivity contribution >= 4 is 23.5 Å². The van der Waals surface area contributed by atoms with Crippen molar-refractivity contribution in [2.75, 3.05) is 24.5 Å². The monoisotopic (exact) mass is 411 g/mol. The molecule has 8 heteroatoms. The van der Waals surface area contributed by atoms with E-state index in [0.29, 0.717) is 18.8 Å². The number of nitrogens with one attached hydrogen (secondary N) is 1. The summed E-state index contributed by atoms with van der Waals surface area (Å²) in [7, 11) is 0. The molecule has 0 aliphatic carbocycles.